The molecule has 1 amide bonds. The molecule has 1 N–H and O–H groups in total. The molecule has 5 heteroatoms. The molecule has 0 spiro atoms. The minimum absolute atomic E-state index is 0.0555. The quantitative estimate of drug-likeness (QED) is 0.891. The van der Waals surface area contributed by atoms with E-state index in [1.807, 2.05) is 0 Å². The van der Waals surface area contributed by atoms with Gasteiger partial charge in [0.2, 0.25) is 5.91 Å². The first-order chi connectivity index (χ1) is 9.58. The number of carboxylic acids is 1. The molecule has 1 aromatic carbocycles. The maximum absolute atomic E-state index is 12.1. The second kappa shape index (κ2) is 6.52. The minimum atomic E-state index is -0.959. The Morgan fingerprint density at radius 2 is 1.80 bits per heavy atom. The molecule has 0 bridgehead atoms. The zero-order valence-corrected chi connectivity index (χ0v) is 11.7. The molecular formula is C15H20N2O3. The second-order valence-electron chi connectivity index (χ2n) is 5.10. The number of benzene rings is 1. The third-order valence-electron chi connectivity index (χ3n) is 3.72. The maximum atomic E-state index is 12.1. The predicted octanol–water partition coefficient (Wildman–Crippen LogP) is 1.83. The number of carboxylic acid groups (broad SMARTS) is 1. The van der Waals surface area contributed by atoms with Gasteiger partial charge in [0.05, 0.1) is 5.56 Å². The van der Waals surface area contributed by atoms with Crippen molar-refractivity contribution in [1.29, 1.82) is 0 Å². The van der Waals surface area contributed by atoms with Gasteiger partial charge in [-0.3, -0.25) is 4.79 Å². The Hall–Kier alpha value is -1.88. The predicted molar refractivity (Wildman–Crippen MR) is 77.1 cm³/mol. The number of nitrogens with zero attached hydrogens (tertiary/aromatic N) is 2. The Morgan fingerprint density at radius 3 is 2.35 bits per heavy atom. The molecule has 0 aliphatic carbocycles. The molecule has 1 heterocycles. The zero-order chi connectivity index (χ0) is 14.5. The highest BCUT2D eigenvalue weighted by molar-refractivity contribution is 5.94. The Balaban J connectivity index is 1.90. The highest BCUT2D eigenvalue weighted by atomic mass is 16.4. The monoisotopic (exact) mass is 276 g/mol. The number of hydrogen-bond acceptors (Lipinski definition) is 3. The van der Waals surface area contributed by atoms with Gasteiger partial charge in [0.15, 0.2) is 0 Å². The largest absolute Gasteiger partial charge is 0.478 e. The average molecular weight is 276 g/mol. The first-order valence-electron chi connectivity index (χ1n) is 6.90. The van der Waals surface area contributed by atoms with Crippen molar-refractivity contribution >= 4 is 17.6 Å². The topological polar surface area (TPSA) is 60.9 Å². The molecule has 0 unspecified atom stereocenters. The number of likely N-dealkylation sites (tertiary alicyclic amines) is 1. The van der Waals surface area contributed by atoms with Gasteiger partial charge in [0.25, 0.3) is 0 Å². The van der Waals surface area contributed by atoms with Crippen LogP contribution in [0.4, 0.5) is 5.69 Å². The van der Waals surface area contributed by atoms with Gasteiger partial charge in [0, 0.05) is 25.7 Å². The van der Waals surface area contributed by atoms with Crippen molar-refractivity contribution in [3.05, 3.63) is 29.8 Å². The standard InChI is InChI=1S/C15H20N2O3/c1-16(13-6-4-12(5-7-13)15(19)20)14(18)8-11-17-9-2-3-10-17/h4-7H,2-3,8-11H2,1H3,(H,19,20). The summed E-state index contributed by atoms with van der Waals surface area (Å²) in [6.45, 7) is 2.98. The van der Waals surface area contributed by atoms with Crippen molar-refractivity contribution in [2.75, 3.05) is 31.6 Å². The summed E-state index contributed by atoms with van der Waals surface area (Å²) >= 11 is 0. The van der Waals surface area contributed by atoms with Crippen LogP contribution in [0.15, 0.2) is 24.3 Å². The lowest BCUT2D eigenvalue weighted by Crippen LogP contribution is -2.31. The van der Waals surface area contributed by atoms with Crippen LogP contribution >= 0.6 is 0 Å². The van der Waals surface area contributed by atoms with Crippen molar-refractivity contribution in [3.63, 3.8) is 0 Å². The van der Waals surface area contributed by atoms with Crippen molar-refractivity contribution < 1.29 is 14.7 Å². The van der Waals surface area contributed by atoms with E-state index >= 15 is 0 Å². The molecule has 1 aliphatic rings. The zero-order valence-electron chi connectivity index (χ0n) is 11.7. The average Bonchev–Trinajstić information content (AvgIpc) is 2.97. The molecule has 1 aliphatic heterocycles. The minimum Gasteiger partial charge on any atom is -0.478 e. The van der Waals surface area contributed by atoms with Crippen LogP contribution in [0.5, 0.6) is 0 Å². The summed E-state index contributed by atoms with van der Waals surface area (Å²) in [6, 6.07) is 6.36. The molecule has 1 fully saturated rings. The van der Waals surface area contributed by atoms with Crippen molar-refractivity contribution in [1.82, 2.24) is 4.90 Å². The third kappa shape index (κ3) is 3.57. The van der Waals surface area contributed by atoms with Crippen LogP contribution in [0.1, 0.15) is 29.6 Å². The fourth-order valence-corrected chi connectivity index (χ4v) is 2.40. The van der Waals surface area contributed by atoms with Gasteiger partial charge in [-0.25, -0.2) is 4.79 Å². The van der Waals surface area contributed by atoms with Crippen LogP contribution in [0.3, 0.4) is 0 Å². The molecule has 0 radical (unpaired) electrons. The van der Waals surface area contributed by atoms with E-state index in [1.54, 1.807) is 24.1 Å². The number of aromatic carboxylic acids is 1. The van der Waals surface area contributed by atoms with Gasteiger partial charge in [-0.2, -0.15) is 0 Å². The van der Waals surface area contributed by atoms with E-state index in [1.165, 1.54) is 25.0 Å². The van der Waals surface area contributed by atoms with E-state index in [4.69, 9.17) is 5.11 Å². The van der Waals surface area contributed by atoms with Gasteiger partial charge in [0.1, 0.15) is 0 Å². The molecule has 1 saturated heterocycles. The number of carbonyl (C=O) groups excluding carboxylic acids is 1. The van der Waals surface area contributed by atoms with Crippen LogP contribution < -0.4 is 4.90 Å². The fourth-order valence-electron chi connectivity index (χ4n) is 2.40. The van der Waals surface area contributed by atoms with Gasteiger partial charge in [-0.1, -0.05) is 0 Å². The highest BCUT2D eigenvalue weighted by Gasteiger charge is 2.16. The Morgan fingerprint density at radius 1 is 1.20 bits per heavy atom. The molecule has 2 rings (SSSR count). The van der Waals surface area contributed by atoms with Crippen LogP contribution in [0, 0.1) is 0 Å². The molecule has 0 aromatic heterocycles. The smallest absolute Gasteiger partial charge is 0.335 e. The summed E-state index contributed by atoms with van der Waals surface area (Å²) in [5.74, 6) is -0.903. The van der Waals surface area contributed by atoms with Crippen molar-refractivity contribution in [2.45, 2.75) is 19.3 Å². The lowest BCUT2D eigenvalue weighted by atomic mass is 10.2. The fraction of sp³-hybridized carbons (Fsp3) is 0.467. The summed E-state index contributed by atoms with van der Waals surface area (Å²) in [5, 5.41) is 8.84. The van der Waals surface area contributed by atoms with Gasteiger partial charge in [-0.05, 0) is 50.2 Å². The Kier molecular flexibility index (Phi) is 4.74. The van der Waals surface area contributed by atoms with E-state index in [0.717, 1.165) is 25.3 Å². The van der Waals surface area contributed by atoms with Gasteiger partial charge < -0.3 is 14.9 Å². The first-order valence-corrected chi connectivity index (χ1v) is 6.90. The molecule has 5 nitrogen and oxygen atoms in total. The number of rotatable bonds is 5. The van der Waals surface area contributed by atoms with E-state index < -0.39 is 5.97 Å². The van der Waals surface area contributed by atoms with E-state index in [-0.39, 0.29) is 11.5 Å². The van der Waals surface area contributed by atoms with Crippen LogP contribution in [-0.2, 0) is 4.79 Å². The van der Waals surface area contributed by atoms with Crippen molar-refractivity contribution in [3.8, 4) is 0 Å². The van der Waals surface area contributed by atoms with Crippen molar-refractivity contribution in [2.24, 2.45) is 0 Å². The summed E-state index contributed by atoms with van der Waals surface area (Å²) < 4.78 is 0. The number of hydrogen-bond donors (Lipinski definition) is 1. The van der Waals surface area contributed by atoms with Gasteiger partial charge >= 0.3 is 5.97 Å². The molecule has 0 atom stereocenters. The summed E-state index contributed by atoms with van der Waals surface area (Å²) in [7, 11) is 1.72. The van der Waals surface area contributed by atoms with E-state index in [9.17, 15) is 9.59 Å². The summed E-state index contributed by atoms with van der Waals surface area (Å²) in [5.41, 5.74) is 0.952. The van der Waals surface area contributed by atoms with Crippen LogP contribution in [0.2, 0.25) is 0 Å². The highest BCUT2D eigenvalue weighted by Crippen LogP contribution is 2.15. The second-order valence-corrected chi connectivity index (χ2v) is 5.10. The summed E-state index contributed by atoms with van der Waals surface area (Å²) in [6.07, 6.45) is 2.94. The molecule has 1 aromatic rings. The van der Waals surface area contributed by atoms with Crippen LogP contribution in [-0.4, -0.2) is 48.6 Å². The SMILES string of the molecule is CN(C(=O)CCN1CCCC1)c1ccc(C(=O)O)cc1. The summed E-state index contributed by atoms with van der Waals surface area (Å²) in [4.78, 5) is 26.8. The van der Waals surface area contributed by atoms with E-state index in [2.05, 4.69) is 4.90 Å². The Labute approximate surface area is 118 Å². The lowest BCUT2D eigenvalue weighted by molar-refractivity contribution is -0.118. The first kappa shape index (κ1) is 14.5. The third-order valence-corrected chi connectivity index (χ3v) is 3.72. The molecule has 108 valence electrons. The van der Waals surface area contributed by atoms with Crippen LogP contribution in [0.25, 0.3) is 0 Å². The Bertz CT molecular complexity index is 478. The molecular weight excluding hydrogens is 256 g/mol. The number of amides is 1. The molecule has 0 saturated carbocycles. The van der Waals surface area contributed by atoms with Gasteiger partial charge in [-0.15, -0.1) is 0 Å². The number of carbonyl (C=O) groups is 2. The molecule has 20 heavy (non-hydrogen) atoms. The number of anilines is 1. The van der Waals surface area contributed by atoms with E-state index in [0.29, 0.717) is 6.42 Å². The maximum Gasteiger partial charge on any atom is 0.335 e. The lowest BCUT2D eigenvalue weighted by Gasteiger charge is -2.20. The normalized spacial score (nSPS) is 15.2.